The minimum absolute atomic E-state index is 0.00890. The predicted octanol–water partition coefficient (Wildman–Crippen LogP) is 4.26. The number of nitrogens with one attached hydrogen (secondary N) is 1. The van der Waals surface area contributed by atoms with Crippen molar-refractivity contribution in [1.29, 1.82) is 0 Å². The summed E-state index contributed by atoms with van der Waals surface area (Å²) in [4.78, 5) is 30.1. The quantitative estimate of drug-likeness (QED) is 0.469. The number of benzene rings is 2. The zero-order valence-electron chi connectivity index (χ0n) is 16.7. The topological polar surface area (TPSA) is 64.0 Å². The molecular weight excluding hydrogens is 382 g/mol. The van der Waals surface area contributed by atoms with Crippen LogP contribution in [0.5, 0.6) is 0 Å². The minimum Gasteiger partial charge on any atom is -0.349 e. The molecule has 0 saturated heterocycles. The summed E-state index contributed by atoms with van der Waals surface area (Å²) in [5.74, 6) is 0.168. The Labute approximate surface area is 174 Å². The number of thioether (sulfide) groups is 1. The van der Waals surface area contributed by atoms with Gasteiger partial charge in [-0.05, 0) is 49.4 Å². The van der Waals surface area contributed by atoms with Gasteiger partial charge in [0.25, 0.3) is 5.56 Å². The highest BCUT2D eigenvalue weighted by Crippen LogP contribution is 2.36. The average molecular weight is 408 g/mol. The van der Waals surface area contributed by atoms with E-state index in [0.717, 1.165) is 24.8 Å². The van der Waals surface area contributed by atoms with E-state index in [0.29, 0.717) is 16.1 Å². The molecule has 0 radical (unpaired) electrons. The van der Waals surface area contributed by atoms with Crippen LogP contribution in [-0.4, -0.2) is 21.2 Å². The second-order valence-electron chi connectivity index (χ2n) is 7.49. The van der Waals surface area contributed by atoms with Crippen molar-refractivity contribution >= 4 is 28.6 Å². The normalized spacial score (nSPS) is 14.7. The third kappa shape index (κ3) is 4.37. The van der Waals surface area contributed by atoms with Crippen molar-refractivity contribution in [2.75, 3.05) is 5.75 Å². The summed E-state index contributed by atoms with van der Waals surface area (Å²) in [6.07, 6.45) is 2.98. The Bertz CT molecular complexity index is 1090. The van der Waals surface area contributed by atoms with E-state index in [4.69, 9.17) is 0 Å². The molecule has 1 atom stereocenters. The summed E-state index contributed by atoms with van der Waals surface area (Å²) in [6, 6.07) is 15.9. The first-order chi connectivity index (χ1) is 14.1. The summed E-state index contributed by atoms with van der Waals surface area (Å²) in [5.41, 5.74) is 3.04. The predicted molar refractivity (Wildman–Crippen MR) is 117 cm³/mol. The van der Waals surface area contributed by atoms with Gasteiger partial charge in [0, 0.05) is 6.04 Å². The van der Waals surface area contributed by atoms with E-state index in [1.165, 1.54) is 17.3 Å². The van der Waals surface area contributed by atoms with Crippen molar-refractivity contribution in [3.05, 3.63) is 70.0 Å². The molecule has 0 spiro atoms. The Kier molecular flexibility index (Phi) is 5.72. The van der Waals surface area contributed by atoms with Crippen LogP contribution in [0.25, 0.3) is 10.9 Å². The maximum Gasteiger partial charge on any atom is 0.262 e. The fourth-order valence-corrected chi connectivity index (χ4v) is 4.30. The Morgan fingerprint density at radius 2 is 1.93 bits per heavy atom. The van der Waals surface area contributed by atoms with Gasteiger partial charge in [-0.2, -0.15) is 0 Å². The van der Waals surface area contributed by atoms with Crippen LogP contribution in [0.4, 0.5) is 0 Å². The van der Waals surface area contributed by atoms with Gasteiger partial charge in [-0.3, -0.25) is 14.2 Å². The van der Waals surface area contributed by atoms with Crippen molar-refractivity contribution in [2.45, 2.75) is 50.4 Å². The van der Waals surface area contributed by atoms with Crippen molar-refractivity contribution in [3.63, 3.8) is 0 Å². The second kappa shape index (κ2) is 8.41. The van der Waals surface area contributed by atoms with Crippen LogP contribution in [0.15, 0.2) is 58.5 Å². The molecular formula is C23H25N3O2S. The third-order valence-electron chi connectivity index (χ3n) is 5.29. The molecule has 3 aromatic rings. The van der Waals surface area contributed by atoms with Gasteiger partial charge >= 0.3 is 0 Å². The van der Waals surface area contributed by atoms with Gasteiger partial charge in [-0.25, -0.2) is 4.98 Å². The largest absolute Gasteiger partial charge is 0.349 e. The number of para-hydroxylation sites is 1. The molecule has 1 aromatic heterocycles. The summed E-state index contributed by atoms with van der Waals surface area (Å²) >= 11 is 1.34. The summed E-state index contributed by atoms with van der Waals surface area (Å²) in [7, 11) is 0. The minimum atomic E-state index is -0.0656. The Hall–Kier alpha value is -2.60. The lowest BCUT2D eigenvalue weighted by molar-refractivity contribution is -0.119. The number of carbonyl (C=O) groups excluding carboxylic acids is 1. The standard InChI is InChI=1S/C23H25N3O2S/c1-3-16-8-10-17(11-9-16)15(2)24-21(27)14-29-23-25-20-7-5-4-6-19(20)22(28)26(23)18-12-13-18/h4-11,15,18H,3,12-14H2,1-2H3,(H,24,27)/t15-/m0/s1. The van der Waals surface area contributed by atoms with E-state index >= 15 is 0 Å². The monoisotopic (exact) mass is 407 g/mol. The van der Waals surface area contributed by atoms with Crippen LogP contribution < -0.4 is 10.9 Å². The van der Waals surface area contributed by atoms with Gasteiger partial charge in [-0.1, -0.05) is 55.1 Å². The molecule has 1 N–H and O–H groups in total. The molecule has 150 valence electrons. The van der Waals surface area contributed by atoms with Crippen molar-refractivity contribution in [2.24, 2.45) is 0 Å². The average Bonchev–Trinajstić information content (AvgIpc) is 3.57. The van der Waals surface area contributed by atoms with Crippen LogP contribution in [0.2, 0.25) is 0 Å². The highest BCUT2D eigenvalue weighted by Gasteiger charge is 2.28. The molecule has 0 aliphatic heterocycles. The van der Waals surface area contributed by atoms with Gasteiger partial charge in [0.1, 0.15) is 0 Å². The molecule has 0 unspecified atom stereocenters. The van der Waals surface area contributed by atoms with Crippen molar-refractivity contribution in [3.8, 4) is 0 Å². The molecule has 5 nitrogen and oxygen atoms in total. The number of fused-ring (bicyclic) bond motifs is 1. The highest BCUT2D eigenvalue weighted by atomic mass is 32.2. The van der Waals surface area contributed by atoms with Gasteiger partial charge < -0.3 is 5.32 Å². The zero-order chi connectivity index (χ0) is 20.4. The first-order valence-electron chi connectivity index (χ1n) is 10.1. The maximum absolute atomic E-state index is 12.9. The highest BCUT2D eigenvalue weighted by molar-refractivity contribution is 7.99. The van der Waals surface area contributed by atoms with Crippen LogP contribution in [0.3, 0.4) is 0 Å². The molecule has 1 amide bonds. The van der Waals surface area contributed by atoms with Crippen LogP contribution in [0, 0.1) is 0 Å². The number of aryl methyl sites for hydroxylation is 1. The fraction of sp³-hybridized carbons (Fsp3) is 0.348. The molecule has 1 heterocycles. The third-order valence-corrected chi connectivity index (χ3v) is 6.24. The van der Waals surface area contributed by atoms with Crippen molar-refractivity contribution in [1.82, 2.24) is 14.9 Å². The lowest BCUT2D eigenvalue weighted by atomic mass is 10.1. The van der Waals surface area contributed by atoms with Crippen LogP contribution >= 0.6 is 11.8 Å². The maximum atomic E-state index is 12.9. The number of rotatable bonds is 7. The van der Waals surface area contributed by atoms with Gasteiger partial charge in [-0.15, -0.1) is 0 Å². The van der Waals surface area contributed by atoms with Gasteiger partial charge in [0.2, 0.25) is 5.91 Å². The molecule has 1 fully saturated rings. The molecule has 4 rings (SSSR count). The summed E-state index contributed by atoms with van der Waals surface area (Å²) in [5, 5.41) is 4.31. The molecule has 1 saturated carbocycles. The Balaban J connectivity index is 1.47. The van der Waals surface area contributed by atoms with E-state index in [9.17, 15) is 9.59 Å². The molecule has 29 heavy (non-hydrogen) atoms. The van der Waals surface area contributed by atoms with Crippen LogP contribution in [-0.2, 0) is 11.2 Å². The number of hydrogen-bond donors (Lipinski definition) is 1. The smallest absolute Gasteiger partial charge is 0.262 e. The molecule has 6 heteroatoms. The first-order valence-corrected chi connectivity index (χ1v) is 11.1. The molecule has 0 bridgehead atoms. The fourth-order valence-electron chi connectivity index (χ4n) is 3.42. The van der Waals surface area contributed by atoms with E-state index in [-0.39, 0.29) is 29.3 Å². The Morgan fingerprint density at radius 1 is 1.21 bits per heavy atom. The van der Waals surface area contributed by atoms with Gasteiger partial charge in [0.15, 0.2) is 5.16 Å². The number of nitrogens with zero attached hydrogens (tertiary/aromatic N) is 2. The molecule has 1 aliphatic carbocycles. The summed E-state index contributed by atoms with van der Waals surface area (Å²) in [6.45, 7) is 4.11. The number of hydrogen-bond acceptors (Lipinski definition) is 4. The van der Waals surface area contributed by atoms with Crippen LogP contribution in [0.1, 0.15) is 49.9 Å². The molecule has 1 aliphatic rings. The van der Waals surface area contributed by atoms with E-state index in [1.54, 1.807) is 4.57 Å². The SMILES string of the molecule is CCc1ccc([C@H](C)NC(=O)CSc2nc3ccccc3c(=O)n2C2CC2)cc1. The van der Waals surface area contributed by atoms with E-state index in [2.05, 4.69) is 41.5 Å². The van der Waals surface area contributed by atoms with Gasteiger partial charge in [0.05, 0.1) is 22.7 Å². The van der Waals surface area contributed by atoms with Crippen molar-refractivity contribution < 1.29 is 4.79 Å². The lowest BCUT2D eigenvalue weighted by Crippen LogP contribution is -2.29. The first kappa shape index (κ1) is 19.7. The number of aromatic nitrogens is 2. The zero-order valence-corrected chi connectivity index (χ0v) is 17.5. The summed E-state index contributed by atoms with van der Waals surface area (Å²) < 4.78 is 1.77. The Morgan fingerprint density at radius 3 is 2.62 bits per heavy atom. The number of carbonyl (C=O) groups is 1. The second-order valence-corrected chi connectivity index (χ2v) is 8.43. The van der Waals surface area contributed by atoms with E-state index in [1.807, 2.05) is 31.2 Å². The van der Waals surface area contributed by atoms with E-state index < -0.39 is 0 Å². The number of amides is 1. The lowest BCUT2D eigenvalue weighted by Gasteiger charge is -2.16. The molecule has 2 aromatic carbocycles.